The van der Waals surface area contributed by atoms with Crippen molar-refractivity contribution in [1.29, 1.82) is 0 Å². The van der Waals surface area contributed by atoms with E-state index in [4.69, 9.17) is 5.73 Å². The van der Waals surface area contributed by atoms with Gasteiger partial charge >= 0.3 is 0 Å². The van der Waals surface area contributed by atoms with Gasteiger partial charge in [0.05, 0.1) is 0 Å². The van der Waals surface area contributed by atoms with E-state index in [-0.39, 0.29) is 0 Å². The first-order chi connectivity index (χ1) is 5.36. The minimum absolute atomic E-state index is 0.331. The molecular formula is C9H12N2. The van der Waals surface area contributed by atoms with Crippen molar-refractivity contribution in [3.8, 4) is 0 Å². The predicted octanol–water partition coefficient (Wildman–Crippen LogP) is 0.898. The van der Waals surface area contributed by atoms with Crippen LogP contribution in [0.1, 0.15) is 17.7 Å². The zero-order valence-corrected chi connectivity index (χ0v) is 6.46. The standard InChI is InChI=1S/C9H12N2/c10-8-4-3-7-2-1-5-11-9(7)6-8/h1-2,5,8H,3-4,6,10H2/t8-/m0/s1. The van der Waals surface area contributed by atoms with Crippen LogP contribution in [0.3, 0.4) is 0 Å². The first-order valence-corrected chi connectivity index (χ1v) is 4.04. The normalized spacial score (nSPS) is 22.8. The lowest BCUT2D eigenvalue weighted by Gasteiger charge is -2.19. The molecule has 2 rings (SSSR count). The Morgan fingerprint density at radius 1 is 1.55 bits per heavy atom. The summed E-state index contributed by atoms with van der Waals surface area (Å²) >= 11 is 0. The van der Waals surface area contributed by atoms with Crippen molar-refractivity contribution >= 4 is 0 Å². The Morgan fingerprint density at radius 3 is 3.36 bits per heavy atom. The summed E-state index contributed by atoms with van der Waals surface area (Å²) in [6.07, 6.45) is 5.01. The van der Waals surface area contributed by atoms with Gasteiger partial charge in [-0.05, 0) is 24.5 Å². The number of aryl methyl sites for hydroxylation is 1. The lowest BCUT2D eigenvalue weighted by Crippen LogP contribution is -2.28. The molecule has 0 aliphatic heterocycles. The minimum atomic E-state index is 0.331. The van der Waals surface area contributed by atoms with Gasteiger partial charge in [-0.2, -0.15) is 0 Å². The number of aromatic nitrogens is 1. The number of hydrogen-bond donors (Lipinski definition) is 1. The Morgan fingerprint density at radius 2 is 2.45 bits per heavy atom. The minimum Gasteiger partial charge on any atom is -0.327 e. The van der Waals surface area contributed by atoms with Crippen LogP contribution in [-0.4, -0.2) is 11.0 Å². The van der Waals surface area contributed by atoms with Crippen LogP contribution in [0.4, 0.5) is 0 Å². The molecule has 2 N–H and O–H groups in total. The molecule has 0 unspecified atom stereocenters. The van der Waals surface area contributed by atoms with E-state index in [2.05, 4.69) is 11.1 Å². The SMILES string of the molecule is N[C@H]1CCc2cccnc2C1. The van der Waals surface area contributed by atoms with Crippen LogP contribution in [0, 0.1) is 0 Å². The Balaban J connectivity index is 2.34. The smallest absolute Gasteiger partial charge is 0.0450 e. The van der Waals surface area contributed by atoms with Crippen molar-refractivity contribution in [1.82, 2.24) is 4.98 Å². The maximum Gasteiger partial charge on any atom is 0.0450 e. The Kier molecular flexibility index (Phi) is 1.62. The highest BCUT2D eigenvalue weighted by molar-refractivity contribution is 5.23. The molecule has 11 heavy (non-hydrogen) atoms. The average Bonchev–Trinajstić information content (AvgIpc) is 2.04. The molecule has 0 aromatic carbocycles. The summed E-state index contributed by atoms with van der Waals surface area (Å²) in [4.78, 5) is 4.29. The van der Waals surface area contributed by atoms with Gasteiger partial charge < -0.3 is 5.73 Å². The van der Waals surface area contributed by atoms with Crippen molar-refractivity contribution < 1.29 is 0 Å². The van der Waals surface area contributed by atoms with Gasteiger partial charge in [-0.25, -0.2) is 0 Å². The largest absolute Gasteiger partial charge is 0.327 e. The van der Waals surface area contributed by atoms with E-state index in [1.165, 1.54) is 11.3 Å². The molecule has 0 bridgehead atoms. The van der Waals surface area contributed by atoms with Crippen LogP contribution in [0.25, 0.3) is 0 Å². The first-order valence-electron chi connectivity index (χ1n) is 4.04. The Bertz CT molecular complexity index is 257. The third-order valence-electron chi connectivity index (χ3n) is 2.22. The Hall–Kier alpha value is -0.890. The summed E-state index contributed by atoms with van der Waals surface area (Å²) in [6, 6.07) is 4.47. The summed E-state index contributed by atoms with van der Waals surface area (Å²) in [5.41, 5.74) is 8.39. The van der Waals surface area contributed by atoms with Crippen LogP contribution in [0.15, 0.2) is 18.3 Å². The lowest BCUT2D eigenvalue weighted by molar-refractivity contribution is 0.565. The second-order valence-electron chi connectivity index (χ2n) is 3.11. The molecule has 1 aliphatic rings. The van der Waals surface area contributed by atoms with E-state index >= 15 is 0 Å². The molecule has 0 fully saturated rings. The molecule has 1 aliphatic carbocycles. The highest BCUT2D eigenvalue weighted by atomic mass is 14.7. The summed E-state index contributed by atoms with van der Waals surface area (Å²) in [5.74, 6) is 0. The van der Waals surface area contributed by atoms with Gasteiger partial charge in [0.15, 0.2) is 0 Å². The van der Waals surface area contributed by atoms with Gasteiger partial charge in [0.1, 0.15) is 0 Å². The molecule has 0 radical (unpaired) electrons. The molecule has 0 saturated carbocycles. The quantitative estimate of drug-likeness (QED) is 0.593. The first kappa shape index (κ1) is 6.80. The van der Waals surface area contributed by atoms with Gasteiger partial charge in [0, 0.05) is 24.4 Å². The van der Waals surface area contributed by atoms with Crippen molar-refractivity contribution in [2.45, 2.75) is 25.3 Å². The molecule has 0 spiro atoms. The van der Waals surface area contributed by atoms with Crippen molar-refractivity contribution in [3.63, 3.8) is 0 Å². The van der Waals surface area contributed by atoms with Gasteiger partial charge in [-0.3, -0.25) is 4.98 Å². The van der Waals surface area contributed by atoms with Gasteiger partial charge in [-0.1, -0.05) is 6.07 Å². The summed E-state index contributed by atoms with van der Waals surface area (Å²) in [5, 5.41) is 0. The average molecular weight is 148 g/mol. The summed E-state index contributed by atoms with van der Waals surface area (Å²) < 4.78 is 0. The number of nitrogens with zero attached hydrogens (tertiary/aromatic N) is 1. The third kappa shape index (κ3) is 1.26. The monoisotopic (exact) mass is 148 g/mol. The maximum absolute atomic E-state index is 5.81. The van der Waals surface area contributed by atoms with E-state index in [0.29, 0.717) is 6.04 Å². The molecule has 2 nitrogen and oxygen atoms in total. The zero-order valence-electron chi connectivity index (χ0n) is 6.46. The number of hydrogen-bond acceptors (Lipinski definition) is 2. The summed E-state index contributed by atoms with van der Waals surface area (Å²) in [7, 11) is 0. The van der Waals surface area contributed by atoms with Crippen molar-refractivity contribution in [3.05, 3.63) is 29.6 Å². The lowest BCUT2D eigenvalue weighted by atomic mass is 9.93. The van der Waals surface area contributed by atoms with Gasteiger partial charge in [0.2, 0.25) is 0 Å². The maximum atomic E-state index is 5.81. The molecule has 1 aromatic rings. The fraction of sp³-hybridized carbons (Fsp3) is 0.444. The van der Waals surface area contributed by atoms with Crippen LogP contribution >= 0.6 is 0 Å². The number of rotatable bonds is 0. The van der Waals surface area contributed by atoms with Crippen LogP contribution < -0.4 is 5.73 Å². The highest BCUT2D eigenvalue weighted by Crippen LogP contribution is 2.17. The molecular weight excluding hydrogens is 136 g/mol. The summed E-state index contributed by atoms with van der Waals surface area (Å²) in [6.45, 7) is 0. The van der Waals surface area contributed by atoms with Gasteiger partial charge in [-0.15, -0.1) is 0 Å². The second kappa shape index (κ2) is 2.62. The van der Waals surface area contributed by atoms with E-state index in [1.54, 1.807) is 0 Å². The van der Waals surface area contributed by atoms with E-state index in [0.717, 1.165) is 19.3 Å². The van der Waals surface area contributed by atoms with Crippen LogP contribution in [0.2, 0.25) is 0 Å². The number of pyridine rings is 1. The topological polar surface area (TPSA) is 38.9 Å². The van der Waals surface area contributed by atoms with E-state index in [9.17, 15) is 0 Å². The fourth-order valence-electron chi connectivity index (χ4n) is 1.57. The second-order valence-corrected chi connectivity index (χ2v) is 3.11. The van der Waals surface area contributed by atoms with Crippen LogP contribution in [-0.2, 0) is 12.8 Å². The van der Waals surface area contributed by atoms with E-state index in [1.807, 2.05) is 12.3 Å². The fourth-order valence-corrected chi connectivity index (χ4v) is 1.57. The molecule has 1 atom stereocenters. The molecule has 1 heterocycles. The number of nitrogens with two attached hydrogens (primary N) is 1. The molecule has 58 valence electrons. The zero-order chi connectivity index (χ0) is 7.68. The van der Waals surface area contributed by atoms with Gasteiger partial charge in [0.25, 0.3) is 0 Å². The van der Waals surface area contributed by atoms with Crippen molar-refractivity contribution in [2.75, 3.05) is 0 Å². The van der Waals surface area contributed by atoms with E-state index < -0.39 is 0 Å². The third-order valence-corrected chi connectivity index (χ3v) is 2.22. The molecule has 0 saturated heterocycles. The molecule has 1 aromatic heterocycles. The molecule has 2 heteroatoms. The Labute approximate surface area is 66.4 Å². The van der Waals surface area contributed by atoms with Crippen molar-refractivity contribution in [2.24, 2.45) is 5.73 Å². The highest BCUT2D eigenvalue weighted by Gasteiger charge is 2.14. The predicted molar refractivity (Wildman–Crippen MR) is 44.2 cm³/mol. The molecule has 0 amide bonds. The van der Waals surface area contributed by atoms with Crippen LogP contribution in [0.5, 0.6) is 0 Å². The number of fused-ring (bicyclic) bond motifs is 1.